The average Bonchev–Trinajstić information content (AvgIpc) is 3.06. The Kier molecular flexibility index (Phi) is 7.44. The van der Waals surface area contributed by atoms with Gasteiger partial charge >= 0.3 is 0 Å². The van der Waals surface area contributed by atoms with Crippen LogP contribution in [0.15, 0.2) is 41.1 Å². The van der Waals surface area contributed by atoms with E-state index in [-0.39, 0.29) is 0 Å². The molecule has 5 heteroatoms. The Labute approximate surface area is 158 Å². The van der Waals surface area contributed by atoms with Crippen molar-refractivity contribution in [3.8, 4) is 11.3 Å². The first kappa shape index (κ1) is 19.4. The minimum Gasteiger partial charge on any atom is -0.372 e. The highest BCUT2D eigenvalue weighted by molar-refractivity contribution is 9.10. The maximum Gasteiger partial charge on any atom is 0.156 e. The van der Waals surface area contributed by atoms with Crippen LogP contribution in [-0.2, 0) is 0 Å². The van der Waals surface area contributed by atoms with E-state index in [9.17, 15) is 0 Å². The van der Waals surface area contributed by atoms with E-state index in [0.717, 1.165) is 53.0 Å². The number of nitrogens with one attached hydrogen (secondary N) is 1. The van der Waals surface area contributed by atoms with Gasteiger partial charge in [-0.05, 0) is 52.5 Å². The van der Waals surface area contributed by atoms with Gasteiger partial charge in [0.1, 0.15) is 10.1 Å². The van der Waals surface area contributed by atoms with E-state index in [0.29, 0.717) is 0 Å². The molecule has 0 spiro atoms. The van der Waals surface area contributed by atoms with E-state index in [2.05, 4.69) is 73.9 Å². The molecule has 0 unspecified atom stereocenters. The molecule has 3 aromatic rings. The van der Waals surface area contributed by atoms with Crippen molar-refractivity contribution >= 4 is 32.8 Å². The van der Waals surface area contributed by atoms with E-state index in [4.69, 9.17) is 0 Å². The number of aromatic amines is 1. The number of rotatable bonds is 6. The first-order valence-electron chi connectivity index (χ1n) is 9.08. The van der Waals surface area contributed by atoms with Crippen molar-refractivity contribution in [1.82, 2.24) is 15.0 Å². The number of hydrogen-bond acceptors (Lipinski definition) is 3. The van der Waals surface area contributed by atoms with Gasteiger partial charge in [0.25, 0.3) is 0 Å². The van der Waals surface area contributed by atoms with Crippen LogP contribution in [0.25, 0.3) is 22.4 Å². The predicted molar refractivity (Wildman–Crippen MR) is 111 cm³/mol. The molecule has 0 atom stereocenters. The zero-order chi connectivity index (χ0) is 18.2. The fraction of sp³-hybridized carbons (Fsp3) is 0.400. The maximum atomic E-state index is 4.43. The summed E-state index contributed by atoms with van der Waals surface area (Å²) in [5, 5.41) is 0. The molecule has 0 aliphatic heterocycles. The summed E-state index contributed by atoms with van der Waals surface area (Å²) in [6, 6.07) is 10.8. The molecule has 134 valence electrons. The first-order valence-corrected chi connectivity index (χ1v) is 9.87. The van der Waals surface area contributed by atoms with Gasteiger partial charge in [-0.3, -0.25) is 0 Å². The van der Waals surface area contributed by atoms with Gasteiger partial charge < -0.3 is 9.88 Å². The quantitative estimate of drug-likeness (QED) is 0.546. The molecule has 3 rings (SSSR count). The maximum absolute atomic E-state index is 4.43. The van der Waals surface area contributed by atoms with E-state index < -0.39 is 0 Å². The fourth-order valence-corrected chi connectivity index (χ4v) is 3.09. The summed E-state index contributed by atoms with van der Waals surface area (Å²) in [5.74, 6) is 0. The van der Waals surface area contributed by atoms with Crippen molar-refractivity contribution in [3.05, 3.63) is 41.1 Å². The van der Waals surface area contributed by atoms with Crippen LogP contribution in [0.1, 0.15) is 40.5 Å². The predicted octanol–water partition coefficient (Wildman–Crippen LogP) is 6.04. The normalized spacial score (nSPS) is 10.4. The highest BCUT2D eigenvalue weighted by atomic mass is 79.9. The molecule has 2 heterocycles. The third-order valence-corrected chi connectivity index (χ3v) is 4.22. The minimum atomic E-state index is 0.751. The summed E-state index contributed by atoms with van der Waals surface area (Å²) in [6.45, 7) is 10.6. The van der Waals surface area contributed by atoms with Gasteiger partial charge in [0, 0.05) is 24.5 Å². The smallest absolute Gasteiger partial charge is 0.156 e. The number of hydrogen-bond donors (Lipinski definition) is 1. The van der Waals surface area contributed by atoms with Crippen LogP contribution in [0.3, 0.4) is 0 Å². The lowest BCUT2D eigenvalue weighted by atomic mass is 10.1. The van der Waals surface area contributed by atoms with E-state index in [1.165, 1.54) is 5.69 Å². The number of anilines is 1. The van der Waals surface area contributed by atoms with Crippen LogP contribution in [-0.4, -0.2) is 28.0 Å². The summed E-state index contributed by atoms with van der Waals surface area (Å²) >= 11 is 3.36. The molecule has 2 aromatic heterocycles. The van der Waals surface area contributed by atoms with Crippen LogP contribution < -0.4 is 4.90 Å². The van der Waals surface area contributed by atoms with Crippen molar-refractivity contribution < 1.29 is 0 Å². The highest BCUT2D eigenvalue weighted by Gasteiger charge is 2.08. The molecule has 0 aliphatic carbocycles. The molecule has 0 radical (unpaired) electrons. The summed E-state index contributed by atoms with van der Waals surface area (Å²) in [6.07, 6.45) is 4.03. The van der Waals surface area contributed by atoms with Gasteiger partial charge in [-0.1, -0.05) is 39.8 Å². The molecule has 0 saturated heterocycles. The zero-order valence-corrected chi connectivity index (χ0v) is 17.1. The van der Waals surface area contributed by atoms with Gasteiger partial charge in [-0.15, -0.1) is 0 Å². The Hall–Kier alpha value is -1.88. The summed E-state index contributed by atoms with van der Waals surface area (Å²) in [7, 11) is 0. The first-order chi connectivity index (χ1) is 12.2. The lowest BCUT2D eigenvalue weighted by Gasteiger charge is -2.23. The Balaban J connectivity index is 0.00000109. The Bertz CT molecular complexity index is 774. The van der Waals surface area contributed by atoms with Crippen molar-refractivity contribution in [2.45, 2.75) is 40.5 Å². The third kappa shape index (κ3) is 4.82. The van der Waals surface area contributed by atoms with Crippen molar-refractivity contribution in [1.29, 1.82) is 0 Å². The molecule has 0 aliphatic rings. The zero-order valence-electron chi connectivity index (χ0n) is 15.5. The van der Waals surface area contributed by atoms with Crippen molar-refractivity contribution in [3.63, 3.8) is 0 Å². The largest absolute Gasteiger partial charge is 0.372 e. The Morgan fingerprint density at radius 2 is 1.68 bits per heavy atom. The van der Waals surface area contributed by atoms with E-state index in [1.54, 1.807) is 6.20 Å². The number of fused-ring (bicyclic) bond motifs is 1. The molecule has 4 nitrogen and oxygen atoms in total. The lowest BCUT2D eigenvalue weighted by Crippen LogP contribution is -2.24. The topological polar surface area (TPSA) is 44.8 Å². The number of aromatic nitrogens is 3. The van der Waals surface area contributed by atoms with E-state index in [1.807, 2.05) is 19.9 Å². The molecular weight excluding hydrogens is 376 g/mol. The summed E-state index contributed by atoms with van der Waals surface area (Å²) in [4.78, 5) is 14.5. The van der Waals surface area contributed by atoms with Gasteiger partial charge in [-0.2, -0.15) is 0 Å². The summed E-state index contributed by atoms with van der Waals surface area (Å²) < 4.78 is 0.751. The molecule has 0 amide bonds. The second kappa shape index (κ2) is 9.56. The SMILES string of the molecule is CC.CCCN(CCC)c1ccc(-c2cc3nc(Br)cnc3[nH]2)cc1. The Morgan fingerprint density at radius 3 is 2.28 bits per heavy atom. The van der Waals surface area contributed by atoms with Gasteiger partial charge in [0.15, 0.2) is 5.65 Å². The van der Waals surface area contributed by atoms with Crippen LogP contribution in [0.4, 0.5) is 5.69 Å². The van der Waals surface area contributed by atoms with Crippen molar-refractivity contribution in [2.75, 3.05) is 18.0 Å². The standard InChI is InChI=1S/C18H21BrN4.C2H6/c1-3-9-23(10-4-2)14-7-5-13(6-8-14)15-11-16-18(22-15)20-12-17(19)21-16;1-2/h5-8,11-12H,3-4,9-10H2,1-2H3,(H,20,22);1-2H3. The molecule has 0 fully saturated rings. The second-order valence-electron chi connectivity index (χ2n) is 5.64. The second-order valence-corrected chi connectivity index (χ2v) is 6.46. The fourth-order valence-electron chi connectivity index (χ4n) is 2.80. The molecule has 1 N–H and O–H groups in total. The molecule has 1 aromatic carbocycles. The number of benzene rings is 1. The molecule has 0 saturated carbocycles. The molecule has 25 heavy (non-hydrogen) atoms. The van der Waals surface area contributed by atoms with E-state index >= 15 is 0 Å². The minimum absolute atomic E-state index is 0.751. The van der Waals surface area contributed by atoms with Crippen LogP contribution in [0, 0.1) is 0 Å². The van der Waals surface area contributed by atoms with Gasteiger partial charge in [0.2, 0.25) is 0 Å². The van der Waals surface area contributed by atoms with Crippen LogP contribution in [0.5, 0.6) is 0 Å². The number of nitrogens with zero attached hydrogens (tertiary/aromatic N) is 3. The van der Waals surface area contributed by atoms with Gasteiger partial charge in [0.05, 0.1) is 6.20 Å². The van der Waals surface area contributed by atoms with Crippen LogP contribution in [0.2, 0.25) is 0 Å². The lowest BCUT2D eigenvalue weighted by molar-refractivity contribution is 0.745. The molecule has 0 bridgehead atoms. The average molecular weight is 403 g/mol. The number of halogens is 1. The highest BCUT2D eigenvalue weighted by Crippen LogP contribution is 2.25. The third-order valence-electron chi connectivity index (χ3n) is 3.83. The number of H-pyrrole nitrogens is 1. The monoisotopic (exact) mass is 402 g/mol. The Morgan fingerprint density at radius 1 is 1.04 bits per heavy atom. The van der Waals surface area contributed by atoms with Crippen molar-refractivity contribution in [2.24, 2.45) is 0 Å². The van der Waals surface area contributed by atoms with Gasteiger partial charge in [-0.25, -0.2) is 9.97 Å². The molecular formula is C20H27BrN4. The van der Waals surface area contributed by atoms with Crippen LogP contribution >= 0.6 is 15.9 Å². The summed E-state index contributed by atoms with van der Waals surface area (Å²) in [5.41, 5.74) is 5.16.